The highest BCUT2D eigenvalue weighted by Crippen LogP contribution is 2.34. The fraction of sp³-hybridized carbons (Fsp3) is 0.158. The Kier molecular flexibility index (Phi) is 5.18. The summed E-state index contributed by atoms with van der Waals surface area (Å²) in [4.78, 5) is 16.4. The minimum absolute atomic E-state index is 0.298. The van der Waals surface area contributed by atoms with Crippen LogP contribution in [0.3, 0.4) is 0 Å². The number of amides is 2. The second-order valence-electron chi connectivity index (χ2n) is 5.98. The molecule has 0 aliphatic carbocycles. The highest BCUT2D eigenvalue weighted by molar-refractivity contribution is 7.14. The van der Waals surface area contributed by atoms with Crippen LogP contribution in [0.4, 0.5) is 28.8 Å². The van der Waals surface area contributed by atoms with Gasteiger partial charge in [-0.2, -0.15) is 13.2 Å². The molecule has 0 spiro atoms. The van der Waals surface area contributed by atoms with Crippen LogP contribution in [0.5, 0.6) is 0 Å². The summed E-state index contributed by atoms with van der Waals surface area (Å²) in [5.41, 5.74) is 2.60. The van der Waals surface area contributed by atoms with Gasteiger partial charge in [0.15, 0.2) is 5.13 Å². The van der Waals surface area contributed by atoms with Crippen molar-refractivity contribution in [1.29, 1.82) is 0 Å². The van der Waals surface area contributed by atoms with Gasteiger partial charge < -0.3 is 5.32 Å². The lowest BCUT2D eigenvalue weighted by Gasteiger charge is -2.13. The molecule has 0 atom stereocenters. The molecule has 2 aromatic carbocycles. The van der Waals surface area contributed by atoms with Crippen molar-refractivity contribution in [2.45, 2.75) is 20.0 Å². The number of nitrogens with zero attached hydrogens (tertiary/aromatic N) is 1. The second-order valence-corrected chi connectivity index (χ2v) is 6.84. The molecule has 4 nitrogen and oxygen atoms in total. The smallest absolute Gasteiger partial charge is 0.307 e. The lowest BCUT2D eigenvalue weighted by atomic mass is 10.0. The first kappa shape index (κ1) is 18.9. The van der Waals surface area contributed by atoms with E-state index < -0.39 is 17.8 Å². The van der Waals surface area contributed by atoms with Crippen molar-refractivity contribution in [2.24, 2.45) is 0 Å². The summed E-state index contributed by atoms with van der Waals surface area (Å²) in [7, 11) is 0. The van der Waals surface area contributed by atoms with Crippen molar-refractivity contribution < 1.29 is 18.0 Å². The van der Waals surface area contributed by atoms with E-state index in [2.05, 4.69) is 15.6 Å². The van der Waals surface area contributed by atoms with Gasteiger partial charge in [0.2, 0.25) is 0 Å². The molecule has 3 aromatic rings. The fourth-order valence-corrected chi connectivity index (χ4v) is 3.35. The van der Waals surface area contributed by atoms with Crippen LogP contribution in [0.25, 0.3) is 11.3 Å². The van der Waals surface area contributed by atoms with Gasteiger partial charge in [-0.05, 0) is 31.5 Å². The Morgan fingerprint density at radius 2 is 1.81 bits per heavy atom. The fourth-order valence-electron chi connectivity index (χ4n) is 2.65. The van der Waals surface area contributed by atoms with Crippen LogP contribution in [0.1, 0.15) is 16.7 Å². The molecule has 0 aliphatic rings. The average Bonchev–Trinajstić information content (AvgIpc) is 3.02. The lowest BCUT2D eigenvalue weighted by molar-refractivity contribution is -0.136. The Morgan fingerprint density at radius 1 is 1.07 bits per heavy atom. The van der Waals surface area contributed by atoms with Gasteiger partial charge in [-0.25, -0.2) is 9.78 Å². The molecular formula is C19H16F3N3OS. The Bertz CT molecular complexity index is 982. The number of aromatic nitrogens is 1. The molecule has 0 fully saturated rings. The van der Waals surface area contributed by atoms with E-state index in [0.29, 0.717) is 10.8 Å². The molecule has 0 bridgehead atoms. The third kappa shape index (κ3) is 4.46. The molecule has 140 valence electrons. The van der Waals surface area contributed by atoms with E-state index in [0.717, 1.165) is 22.8 Å². The van der Waals surface area contributed by atoms with Gasteiger partial charge in [-0.1, -0.05) is 35.9 Å². The summed E-state index contributed by atoms with van der Waals surface area (Å²) in [6.07, 6.45) is -4.55. The van der Waals surface area contributed by atoms with E-state index in [-0.39, 0.29) is 5.69 Å². The number of para-hydroxylation sites is 1. The number of nitrogens with one attached hydrogen (secondary N) is 2. The molecule has 8 heteroatoms. The topological polar surface area (TPSA) is 54.0 Å². The first-order valence-corrected chi connectivity index (χ1v) is 8.89. The van der Waals surface area contributed by atoms with Gasteiger partial charge in [-0.15, -0.1) is 11.3 Å². The minimum atomic E-state index is -4.55. The van der Waals surface area contributed by atoms with E-state index in [1.54, 1.807) is 5.38 Å². The van der Waals surface area contributed by atoms with Gasteiger partial charge in [0, 0.05) is 10.9 Å². The zero-order valence-corrected chi connectivity index (χ0v) is 15.3. The number of rotatable bonds is 3. The van der Waals surface area contributed by atoms with Crippen molar-refractivity contribution in [3.8, 4) is 11.3 Å². The van der Waals surface area contributed by atoms with Crippen LogP contribution in [0, 0.1) is 13.8 Å². The van der Waals surface area contributed by atoms with E-state index in [9.17, 15) is 18.0 Å². The van der Waals surface area contributed by atoms with E-state index in [4.69, 9.17) is 0 Å². The molecule has 0 unspecified atom stereocenters. The number of alkyl halides is 3. The number of benzene rings is 2. The maximum Gasteiger partial charge on any atom is 0.418 e. The van der Waals surface area contributed by atoms with Crippen LogP contribution >= 0.6 is 11.3 Å². The largest absolute Gasteiger partial charge is 0.418 e. The molecule has 2 amide bonds. The summed E-state index contributed by atoms with van der Waals surface area (Å²) in [6.45, 7) is 3.96. The molecule has 27 heavy (non-hydrogen) atoms. The molecule has 1 aromatic heterocycles. The molecular weight excluding hydrogens is 375 g/mol. The summed E-state index contributed by atoms with van der Waals surface area (Å²) >= 11 is 1.20. The minimum Gasteiger partial charge on any atom is -0.307 e. The zero-order valence-electron chi connectivity index (χ0n) is 14.5. The number of carbonyl (C=O) groups excluding carboxylic acids is 1. The van der Waals surface area contributed by atoms with Gasteiger partial charge in [0.1, 0.15) is 0 Å². The Hall–Kier alpha value is -2.87. The molecule has 2 N–H and O–H groups in total. The van der Waals surface area contributed by atoms with Crippen LogP contribution in [0.15, 0.2) is 47.8 Å². The van der Waals surface area contributed by atoms with Crippen LogP contribution in [0.2, 0.25) is 0 Å². The number of urea groups is 1. The quantitative estimate of drug-likeness (QED) is 0.568. The number of halogens is 3. The Labute approximate surface area is 158 Å². The van der Waals surface area contributed by atoms with E-state index >= 15 is 0 Å². The Balaban J connectivity index is 1.74. The zero-order chi connectivity index (χ0) is 19.6. The number of anilines is 2. The number of thiazole rings is 1. The maximum atomic E-state index is 13.0. The van der Waals surface area contributed by atoms with E-state index in [1.807, 2.05) is 32.0 Å². The summed E-state index contributed by atoms with van der Waals surface area (Å²) in [6, 6.07) is 9.97. The van der Waals surface area contributed by atoms with Crippen LogP contribution < -0.4 is 10.6 Å². The molecule has 0 aliphatic heterocycles. The third-order valence-corrected chi connectivity index (χ3v) is 4.62. The molecule has 1 heterocycles. The summed E-state index contributed by atoms with van der Waals surface area (Å²) in [5.74, 6) is 0. The average molecular weight is 391 g/mol. The van der Waals surface area contributed by atoms with E-state index in [1.165, 1.54) is 29.5 Å². The number of hydrogen-bond acceptors (Lipinski definition) is 3. The number of aryl methyl sites for hydroxylation is 2. The second kappa shape index (κ2) is 7.40. The first-order chi connectivity index (χ1) is 12.7. The Morgan fingerprint density at radius 3 is 2.52 bits per heavy atom. The van der Waals surface area contributed by atoms with Crippen molar-refractivity contribution in [2.75, 3.05) is 10.6 Å². The predicted octanol–water partition coefficient (Wildman–Crippen LogP) is 6.09. The number of hydrogen-bond donors (Lipinski definition) is 2. The lowest BCUT2D eigenvalue weighted by Crippen LogP contribution is -2.21. The van der Waals surface area contributed by atoms with Crippen LogP contribution in [-0.4, -0.2) is 11.0 Å². The molecule has 0 radical (unpaired) electrons. The first-order valence-electron chi connectivity index (χ1n) is 8.01. The molecule has 0 saturated heterocycles. The SMILES string of the molecule is Cc1ccc(-c2csc(NC(=O)Nc3ccccc3C(F)(F)F)n2)c(C)c1. The third-order valence-electron chi connectivity index (χ3n) is 3.86. The van der Waals surface area contributed by atoms with Crippen molar-refractivity contribution in [3.63, 3.8) is 0 Å². The van der Waals surface area contributed by atoms with Gasteiger partial charge in [-0.3, -0.25) is 5.32 Å². The van der Waals surface area contributed by atoms with Crippen molar-refractivity contribution in [3.05, 3.63) is 64.5 Å². The number of carbonyl (C=O) groups is 1. The predicted molar refractivity (Wildman–Crippen MR) is 101 cm³/mol. The standard InChI is InChI=1S/C19H16F3N3OS/c1-11-7-8-13(12(2)9-11)16-10-27-18(24-16)25-17(26)23-15-6-4-3-5-14(15)19(20,21)22/h3-10H,1-2H3,(H2,23,24,25,26). The summed E-state index contributed by atoms with van der Waals surface area (Å²) < 4.78 is 39.0. The highest BCUT2D eigenvalue weighted by atomic mass is 32.1. The normalized spacial score (nSPS) is 11.3. The van der Waals surface area contributed by atoms with Gasteiger partial charge >= 0.3 is 12.2 Å². The van der Waals surface area contributed by atoms with Gasteiger partial charge in [0.05, 0.1) is 16.9 Å². The van der Waals surface area contributed by atoms with Crippen molar-refractivity contribution in [1.82, 2.24) is 4.98 Å². The van der Waals surface area contributed by atoms with Crippen LogP contribution in [-0.2, 0) is 6.18 Å². The highest BCUT2D eigenvalue weighted by Gasteiger charge is 2.33. The van der Waals surface area contributed by atoms with Gasteiger partial charge in [0.25, 0.3) is 0 Å². The summed E-state index contributed by atoms with van der Waals surface area (Å²) in [5, 5.41) is 6.80. The van der Waals surface area contributed by atoms with Crippen molar-refractivity contribution >= 4 is 28.2 Å². The monoisotopic (exact) mass is 391 g/mol. The molecule has 0 saturated carbocycles. The maximum absolute atomic E-state index is 13.0. The molecule has 3 rings (SSSR count).